The number of carbonyl (C=O) groups excluding carboxylic acids is 2. The molecule has 0 radical (unpaired) electrons. The maximum absolute atomic E-state index is 10.9. The molecule has 0 spiro atoms. The summed E-state index contributed by atoms with van der Waals surface area (Å²) in [6, 6.07) is 0. The summed E-state index contributed by atoms with van der Waals surface area (Å²) in [5.41, 5.74) is 0. The third-order valence-corrected chi connectivity index (χ3v) is 3.20. The number of carbonyl (C=O) groups is 2. The molecule has 2 rings (SSSR count). The first-order valence-corrected chi connectivity index (χ1v) is 6.92. The zero-order valence-electron chi connectivity index (χ0n) is 10.6. The summed E-state index contributed by atoms with van der Waals surface area (Å²) in [4.78, 5) is 20.9. The largest absolute Gasteiger partial charge is 0.461 e. The number of hydrogen-bond donors (Lipinski definition) is 0. The molecule has 0 aliphatic rings. The molecule has 7 nitrogen and oxygen atoms in total. The van der Waals surface area contributed by atoms with Gasteiger partial charge in [0.1, 0.15) is 10.0 Å². The summed E-state index contributed by atoms with van der Waals surface area (Å²) in [7, 11) is 0. The Balaban J connectivity index is 0.000000200. The van der Waals surface area contributed by atoms with E-state index in [2.05, 4.69) is 20.4 Å². The fourth-order valence-corrected chi connectivity index (χ4v) is 2.03. The molecule has 0 aromatic carbocycles. The van der Waals surface area contributed by atoms with Crippen LogP contribution in [0.1, 0.15) is 36.5 Å². The molecule has 0 N–H and O–H groups in total. The van der Waals surface area contributed by atoms with Crippen LogP contribution >= 0.6 is 22.7 Å². The number of aryl methyl sites for hydroxylation is 2. The SMILES string of the molecule is CCOC(=O)c1nnc(C)s1.Cc1nnc(C=O)s1. The highest BCUT2D eigenvalue weighted by Crippen LogP contribution is 2.08. The van der Waals surface area contributed by atoms with Gasteiger partial charge in [-0.25, -0.2) is 4.79 Å². The van der Waals surface area contributed by atoms with Gasteiger partial charge in [0.05, 0.1) is 6.61 Å². The van der Waals surface area contributed by atoms with Crippen molar-refractivity contribution in [1.82, 2.24) is 20.4 Å². The summed E-state index contributed by atoms with van der Waals surface area (Å²) >= 11 is 2.54. The molecule has 2 aromatic heterocycles. The Morgan fingerprint density at radius 1 is 1.16 bits per heavy atom. The van der Waals surface area contributed by atoms with Crippen LogP contribution in [0.2, 0.25) is 0 Å². The van der Waals surface area contributed by atoms with Crippen LogP contribution in [0.25, 0.3) is 0 Å². The van der Waals surface area contributed by atoms with Crippen LogP contribution in [0.15, 0.2) is 0 Å². The van der Waals surface area contributed by atoms with E-state index in [1.807, 2.05) is 6.92 Å². The topological polar surface area (TPSA) is 94.9 Å². The van der Waals surface area contributed by atoms with Crippen molar-refractivity contribution in [2.24, 2.45) is 0 Å². The highest BCUT2D eigenvalue weighted by atomic mass is 32.1. The zero-order chi connectivity index (χ0) is 14.3. The smallest absolute Gasteiger partial charge is 0.369 e. The summed E-state index contributed by atoms with van der Waals surface area (Å²) in [5, 5.41) is 16.8. The van der Waals surface area contributed by atoms with Gasteiger partial charge in [-0.2, -0.15) is 0 Å². The van der Waals surface area contributed by atoms with Crippen LogP contribution < -0.4 is 0 Å². The van der Waals surface area contributed by atoms with Crippen LogP contribution in [0.3, 0.4) is 0 Å². The van der Waals surface area contributed by atoms with Crippen molar-refractivity contribution in [3.05, 3.63) is 20.0 Å². The number of aromatic nitrogens is 4. The first-order chi connectivity index (χ1) is 9.06. The van der Waals surface area contributed by atoms with Crippen molar-refractivity contribution in [2.75, 3.05) is 6.61 Å². The highest BCUT2D eigenvalue weighted by molar-refractivity contribution is 7.13. The van der Waals surface area contributed by atoms with Gasteiger partial charge in [0.25, 0.3) is 0 Å². The molecule has 0 aliphatic heterocycles. The minimum atomic E-state index is -0.391. The molecule has 0 bridgehead atoms. The van der Waals surface area contributed by atoms with Crippen LogP contribution in [-0.2, 0) is 4.74 Å². The Bertz CT molecular complexity index is 552. The number of rotatable bonds is 3. The molecule has 102 valence electrons. The molecule has 2 aromatic rings. The van der Waals surface area contributed by atoms with E-state index in [0.717, 1.165) is 10.0 Å². The second kappa shape index (κ2) is 7.64. The summed E-state index contributed by atoms with van der Waals surface area (Å²) in [5.74, 6) is -0.391. The average molecular weight is 300 g/mol. The first-order valence-electron chi connectivity index (χ1n) is 5.29. The molecule has 19 heavy (non-hydrogen) atoms. The lowest BCUT2D eigenvalue weighted by molar-refractivity contribution is 0.0525. The van der Waals surface area contributed by atoms with Crippen molar-refractivity contribution in [2.45, 2.75) is 20.8 Å². The second-order valence-electron chi connectivity index (χ2n) is 3.12. The maximum atomic E-state index is 10.9. The van der Waals surface area contributed by atoms with Gasteiger partial charge in [-0.3, -0.25) is 4.79 Å². The molecule has 0 aliphatic carbocycles. The monoisotopic (exact) mass is 300 g/mol. The van der Waals surface area contributed by atoms with Crippen molar-refractivity contribution in [1.29, 1.82) is 0 Å². The van der Waals surface area contributed by atoms with E-state index in [0.29, 0.717) is 22.9 Å². The van der Waals surface area contributed by atoms with Gasteiger partial charge in [0.2, 0.25) is 5.01 Å². The quantitative estimate of drug-likeness (QED) is 0.628. The molecule has 9 heteroatoms. The number of nitrogens with zero attached hydrogens (tertiary/aromatic N) is 4. The average Bonchev–Trinajstić information content (AvgIpc) is 2.99. The van der Waals surface area contributed by atoms with Gasteiger partial charge in [-0.15, -0.1) is 20.4 Å². The Hall–Kier alpha value is -1.74. The Morgan fingerprint density at radius 3 is 2.16 bits per heavy atom. The first kappa shape index (κ1) is 15.3. The Morgan fingerprint density at radius 2 is 1.79 bits per heavy atom. The molecule has 0 amide bonds. The molecule has 2 heterocycles. The van der Waals surface area contributed by atoms with Gasteiger partial charge in [-0.05, 0) is 20.8 Å². The predicted octanol–water partition coefficient (Wildman–Crippen LogP) is 1.68. The Kier molecular flexibility index (Phi) is 6.16. The number of aldehydes is 1. The van der Waals surface area contributed by atoms with Gasteiger partial charge in [0, 0.05) is 0 Å². The predicted molar refractivity (Wildman–Crippen MR) is 70.6 cm³/mol. The van der Waals surface area contributed by atoms with E-state index in [1.165, 1.54) is 22.7 Å². The molecule has 0 saturated carbocycles. The van der Waals surface area contributed by atoms with E-state index < -0.39 is 5.97 Å². The number of ether oxygens (including phenoxy) is 1. The molecule has 0 unspecified atom stereocenters. The zero-order valence-corrected chi connectivity index (χ0v) is 12.2. The van der Waals surface area contributed by atoms with E-state index >= 15 is 0 Å². The van der Waals surface area contributed by atoms with Crippen LogP contribution in [-0.4, -0.2) is 39.3 Å². The third-order valence-electron chi connectivity index (χ3n) is 1.62. The fraction of sp³-hybridized carbons (Fsp3) is 0.400. The number of hydrogen-bond acceptors (Lipinski definition) is 9. The minimum absolute atomic E-state index is 0.323. The van der Waals surface area contributed by atoms with E-state index in [4.69, 9.17) is 4.74 Å². The fourth-order valence-electron chi connectivity index (χ4n) is 0.931. The maximum Gasteiger partial charge on any atom is 0.369 e. The molecular formula is C10H12N4O3S2. The lowest BCUT2D eigenvalue weighted by Gasteiger charge is -1.93. The number of esters is 1. The van der Waals surface area contributed by atoms with E-state index in [1.54, 1.807) is 13.8 Å². The normalized spacial score (nSPS) is 9.42. The van der Waals surface area contributed by atoms with Crippen LogP contribution in [0, 0.1) is 13.8 Å². The summed E-state index contributed by atoms with van der Waals surface area (Å²) in [6.45, 7) is 5.73. The van der Waals surface area contributed by atoms with Crippen molar-refractivity contribution in [3.63, 3.8) is 0 Å². The molecule has 0 atom stereocenters. The van der Waals surface area contributed by atoms with E-state index in [-0.39, 0.29) is 0 Å². The molecule has 0 saturated heterocycles. The lowest BCUT2D eigenvalue weighted by Crippen LogP contribution is -2.03. The minimum Gasteiger partial charge on any atom is -0.461 e. The second-order valence-corrected chi connectivity index (χ2v) is 5.52. The van der Waals surface area contributed by atoms with Crippen molar-refractivity contribution >= 4 is 34.9 Å². The summed E-state index contributed by atoms with van der Waals surface area (Å²) in [6.07, 6.45) is 0.699. The molecule has 0 fully saturated rings. The summed E-state index contributed by atoms with van der Waals surface area (Å²) < 4.78 is 4.71. The lowest BCUT2D eigenvalue weighted by atomic mass is 10.7. The van der Waals surface area contributed by atoms with Crippen LogP contribution in [0.4, 0.5) is 0 Å². The van der Waals surface area contributed by atoms with Crippen LogP contribution in [0.5, 0.6) is 0 Å². The Labute approximate surface area is 117 Å². The molecular weight excluding hydrogens is 288 g/mol. The van der Waals surface area contributed by atoms with Crippen molar-refractivity contribution in [3.8, 4) is 0 Å². The standard InChI is InChI=1S/C6H8N2O2S.C4H4N2OS/c1-3-10-6(9)5-8-7-4(2)11-5;1-3-5-6-4(2-7)8-3/h3H2,1-2H3;2H,1H3. The van der Waals surface area contributed by atoms with E-state index in [9.17, 15) is 9.59 Å². The van der Waals surface area contributed by atoms with Gasteiger partial charge in [-0.1, -0.05) is 22.7 Å². The van der Waals surface area contributed by atoms with Crippen molar-refractivity contribution < 1.29 is 14.3 Å². The highest BCUT2D eigenvalue weighted by Gasteiger charge is 2.10. The van der Waals surface area contributed by atoms with Gasteiger partial charge >= 0.3 is 5.97 Å². The van der Waals surface area contributed by atoms with Gasteiger partial charge in [0.15, 0.2) is 11.3 Å². The third kappa shape index (κ3) is 5.18. The van der Waals surface area contributed by atoms with Gasteiger partial charge < -0.3 is 4.74 Å².